The van der Waals surface area contributed by atoms with Crippen LogP contribution in [0.3, 0.4) is 0 Å². The number of carbonyl (C=O) groups excluding carboxylic acids is 1. The third kappa shape index (κ3) is 1.99. The lowest BCUT2D eigenvalue weighted by atomic mass is 10.1. The van der Waals surface area contributed by atoms with Crippen molar-refractivity contribution in [2.24, 2.45) is 0 Å². The molecule has 5 nitrogen and oxygen atoms in total. The molecule has 0 saturated heterocycles. The Morgan fingerprint density at radius 1 is 1.32 bits per heavy atom. The number of hydrogen-bond donors (Lipinski definition) is 3. The molecule has 1 aromatic carbocycles. The van der Waals surface area contributed by atoms with Crippen LogP contribution in [0.2, 0.25) is 0 Å². The molecule has 3 N–H and O–H groups in total. The first kappa shape index (κ1) is 11.5. The van der Waals surface area contributed by atoms with Gasteiger partial charge in [-0.3, -0.25) is 10.1 Å². The van der Waals surface area contributed by atoms with Crippen LogP contribution in [0.25, 0.3) is 10.9 Å². The summed E-state index contributed by atoms with van der Waals surface area (Å²) in [4.78, 5) is 22.2. The minimum absolute atomic E-state index is 0.171. The smallest absolute Gasteiger partial charge is 0.257 e. The number of anilines is 1. The van der Waals surface area contributed by atoms with Crippen LogP contribution >= 0.6 is 0 Å². The maximum Gasteiger partial charge on any atom is 0.257 e. The van der Waals surface area contributed by atoms with Gasteiger partial charge in [-0.05, 0) is 37.6 Å². The lowest BCUT2D eigenvalue weighted by Crippen LogP contribution is -2.12. The minimum atomic E-state index is -0.171. The summed E-state index contributed by atoms with van der Waals surface area (Å²) in [5.74, 6) is 0.280. The first-order valence-electron chi connectivity index (χ1n) is 6.05. The van der Waals surface area contributed by atoms with Gasteiger partial charge in [0, 0.05) is 34.6 Å². The molecule has 0 fully saturated rings. The van der Waals surface area contributed by atoms with Crippen molar-refractivity contribution in [1.29, 1.82) is 0 Å². The van der Waals surface area contributed by atoms with Crippen molar-refractivity contribution in [3.63, 3.8) is 0 Å². The van der Waals surface area contributed by atoms with E-state index >= 15 is 0 Å². The van der Waals surface area contributed by atoms with E-state index in [9.17, 15) is 4.79 Å². The lowest BCUT2D eigenvalue weighted by Gasteiger charge is -2.02. The first-order chi connectivity index (χ1) is 9.15. The number of nitrogens with one attached hydrogen (secondary N) is 3. The highest BCUT2D eigenvalue weighted by Gasteiger charge is 2.10. The summed E-state index contributed by atoms with van der Waals surface area (Å²) < 4.78 is 0. The van der Waals surface area contributed by atoms with Gasteiger partial charge in [-0.15, -0.1) is 0 Å². The van der Waals surface area contributed by atoms with Crippen LogP contribution in [0, 0.1) is 13.8 Å². The fraction of sp³-hybridized carbons (Fsp3) is 0.143. The van der Waals surface area contributed by atoms with Gasteiger partial charge in [0.15, 0.2) is 0 Å². The van der Waals surface area contributed by atoms with E-state index in [0.29, 0.717) is 11.5 Å². The summed E-state index contributed by atoms with van der Waals surface area (Å²) in [6.45, 7) is 4.07. The first-order valence-corrected chi connectivity index (χ1v) is 6.05. The molecule has 0 aliphatic rings. The van der Waals surface area contributed by atoms with Crippen molar-refractivity contribution in [3.8, 4) is 0 Å². The van der Waals surface area contributed by atoms with Crippen LogP contribution in [0.1, 0.15) is 21.6 Å². The zero-order chi connectivity index (χ0) is 13.4. The monoisotopic (exact) mass is 254 g/mol. The molecule has 0 saturated carbocycles. The fourth-order valence-electron chi connectivity index (χ4n) is 2.12. The van der Waals surface area contributed by atoms with E-state index in [1.807, 2.05) is 26.0 Å². The van der Waals surface area contributed by atoms with Crippen LogP contribution in [-0.2, 0) is 0 Å². The van der Waals surface area contributed by atoms with Gasteiger partial charge >= 0.3 is 0 Å². The van der Waals surface area contributed by atoms with Crippen LogP contribution < -0.4 is 5.32 Å². The summed E-state index contributed by atoms with van der Waals surface area (Å²) in [5.41, 5.74) is 3.96. The van der Waals surface area contributed by atoms with Gasteiger partial charge in [-0.1, -0.05) is 0 Å². The van der Waals surface area contributed by atoms with Gasteiger partial charge in [-0.2, -0.15) is 0 Å². The molecule has 0 radical (unpaired) electrons. The molecule has 96 valence electrons. The van der Waals surface area contributed by atoms with Crippen molar-refractivity contribution in [3.05, 3.63) is 47.4 Å². The second kappa shape index (κ2) is 4.28. The molecule has 1 amide bonds. The highest BCUT2D eigenvalue weighted by molar-refractivity contribution is 6.05. The molecule has 2 aromatic heterocycles. The zero-order valence-corrected chi connectivity index (χ0v) is 10.7. The maximum atomic E-state index is 12.1. The van der Waals surface area contributed by atoms with Gasteiger partial charge in [0.05, 0.1) is 0 Å². The van der Waals surface area contributed by atoms with E-state index in [1.54, 1.807) is 18.5 Å². The number of carbonyl (C=O) groups is 1. The van der Waals surface area contributed by atoms with E-state index in [1.165, 1.54) is 5.56 Å². The topological polar surface area (TPSA) is 73.6 Å². The van der Waals surface area contributed by atoms with Gasteiger partial charge in [0.2, 0.25) is 5.95 Å². The number of nitrogens with zero attached hydrogens (tertiary/aromatic N) is 1. The molecule has 19 heavy (non-hydrogen) atoms. The number of amides is 1. The number of aryl methyl sites for hydroxylation is 2. The van der Waals surface area contributed by atoms with Crippen molar-refractivity contribution in [2.75, 3.05) is 5.32 Å². The molecule has 0 unspecified atom stereocenters. The van der Waals surface area contributed by atoms with Crippen molar-refractivity contribution >= 4 is 22.8 Å². The molecule has 3 rings (SSSR count). The Hall–Kier alpha value is -2.56. The molecular weight excluding hydrogens is 240 g/mol. The second-order valence-electron chi connectivity index (χ2n) is 4.53. The summed E-state index contributed by atoms with van der Waals surface area (Å²) >= 11 is 0. The molecule has 0 bridgehead atoms. The third-order valence-corrected chi connectivity index (χ3v) is 3.30. The predicted octanol–water partition coefficient (Wildman–Crippen LogP) is 2.76. The van der Waals surface area contributed by atoms with E-state index in [0.717, 1.165) is 16.6 Å². The van der Waals surface area contributed by atoms with Gasteiger partial charge in [0.1, 0.15) is 0 Å². The van der Waals surface area contributed by atoms with Crippen molar-refractivity contribution < 1.29 is 4.79 Å². The number of imidazole rings is 1. The summed E-state index contributed by atoms with van der Waals surface area (Å²) in [5, 5.41) is 3.79. The van der Waals surface area contributed by atoms with Crippen LogP contribution in [-0.4, -0.2) is 20.9 Å². The molecule has 0 spiro atoms. The SMILES string of the molecule is Cc1[nH]c2ccc(C(=O)Nc3ncc[nH]3)cc2c1C. The molecule has 0 atom stereocenters. The van der Waals surface area contributed by atoms with Crippen LogP contribution in [0.15, 0.2) is 30.6 Å². The number of H-pyrrole nitrogens is 2. The Morgan fingerprint density at radius 2 is 2.16 bits per heavy atom. The van der Waals surface area contributed by atoms with E-state index in [-0.39, 0.29) is 5.91 Å². The van der Waals surface area contributed by atoms with Crippen LogP contribution in [0.5, 0.6) is 0 Å². The number of aromatic amines is 2. The normalized spacial score (nSPS) is 10.8. The molecule has 3 aromatic rings. The second-order valence-corrected chi connectivity index (χ2v) is 4.53. The maximum absolute atomic E-state index is 12.1. The molecular formula is C14H14N4O. The molecule has 5 heteroatoms. The predicted molar refractivity (Wildman–Crippen MR) is 74.3 cm³/mol. The highest BCUT2D eigenvalue weighted by atomic mass is 16.1. The number of fused-ring (bicyclic) bond motifs is 1. The molecule has 0 aliphatic carbocycles. The van der Waals surface area contributed by atoms with Gasteiger partial charge in [0.25, 0.3) is 5.91 Å². The minimum Gasteiger partial charge on any atom is -0.358 e. The number of aromatic nitrogens is 3. The van der Waals surface area contributed by atoms with Crippen LogP contribution in [0.4, 0.5) is 5.95 Å². The quantitative estimate of drug-likeness (QED) is 0.658. The third-order valence-electron chi connectivity index (χ3n) is 3.30. The Balaban J connectivity index is 1.96. The Labute approximate surface area is 110 Å². The summed E-state index contributed by atoms with van der Waals surface area (Å²) in [6, 6.07) is 5.62. The highest BCUT2D eigenvalue weighted by Crippen LogP contribution is 2.22. The Bertz CT molecular complexity index is 740. The number of rotatable bonds is 2. The van der Waals surface area contributed by atoms with E-state index in [2.05, 4.69) is 20.3 Å². The Kier molecular flexibility index (Phi) is 2.59. The van der Waals surface area contributed by atoms with E-state index < -0.39 is 0 Å². The molecule has 0 aliphatic heterocycles. The van der Waals surface area contributed by atoms with Gasteiger partial charge in [-0.25, -0.2) is 4.98 Å². The molecule has 2 heterocycles. The van der Waals surface area contributed by atoms with Gasteiger partial charge < -0.3 is 9.97 Å². The van der Waals surface area contributed by atoms with Crippen molar-refractivity contribution in [1.82, 2.24) is 15.0 Å². The zero-order valence-electron chi connectivity index (χ0n) is 10.7. The number of benzene rings is 1. The summed E-state index contributed by atoms with van der Waals surface area (Å²) in [6.07, 6.45) is 3.26. The largest absolute Gasteiger partial charge is 0.358 e. The fourth-order valence-corrected chi connectivity index (χ4v) is 2.12. The lowest BCUT2D eigenvalue weighted by molar-refractivity contribution is 0.102. The average molecular weight is 254 g/mol. The van der Waals surface area contributed by atoms with E-state index in [4.69, 9.17) is 0 Å². The average Bonchev–Trinajstić information content (AvgIpc) is 2.99. The Morgan fingerprint density at radius 3 is 2.89 bits per heavy atom. The standard InChI is InChI=1S/C14H14N4O/c1-8-9(2)17-12-4-3-10(7-11(8)12)13(19)18-14-15-5-6-16-14/h3-7,17H,1-2H3,(H2,15,16,18,19). The van der Waals surface area contributed by atoms with Crippen molar-refractivity contribution in [2.45, 2.75) is 13.8 Å². The number of hydrogen-bond acceptors (Lipinski definition) is 2. The summed E-state index contributed by atoms with van der Waals surface area (Å²) in [7, 11) is 0.